The van der Waals surface area contributed by atoms with Crippen molar-refractivity contribution in [2.24, 2.45) is 0 Å². The fraction of sp³-hybridized carbons (Fsp3) is 0.182. The Morgan fingerprint density at radius 3 is 2.32 bits per heavy atom. The van der Waals surface area contributed by atoms with Crippen LogP contribution in [0.25, 0.3) is 5.69 Å². The zero-order chi connectivity index (χ0) is 22.0. The minimum absolute atomic E-state index is 0.0213. The zero-order valence-corrected chi connectivity index (χ0v) is 17.1. The number of carbonyl (C=O) groups excluding carboxylic acids is 3. The number of para-hydroxylation sites is 1. The highest BCUT2D eigenvalue weighted by atomic mass is 16.5. The topological polar surface area (TPSA) is 88.0 Å². The van der Waals surface area contributed by atoms with Crippen molar-refractivity contribution in [3.63, 3.8) is 0 Å². The molecule has 0 spiro atoms. The van der Waals surface area contributed by atoms with Gasteiger partial charge in [0, 0.05) is 18.3 Å². The first-order valence-electron chi connectivity index (χ1n) is 9.59. The van der Waals surface area contributed by atoms with Crippen LogP contribution in [0.3, 0.4) is 0 Å². The molecule has 1 aromatic heterocycles. The molecule has 1 aliphatic heterocycles. The van der Waals surface area contributed by atoms with E-state index in [0.717, 1.165) is 21.1 Å². The molecule has 4 amide bonds. The van der Waals surface area contributed by atoms with Gasteiger partial charge >= 0.3 is 17.8 Å². The first kappa shape index (κ1) is 20.3. The van der Waals surface area contributed by atoms with Crippen molar-refractivity contribution in [1.29, 1.82) is 0 Å². The number of urea groups is 1. The first-order chi connectivity index (χ1) is 15.0. The second-order valence-electron chi connectivity index (χ2n) is 7.14. The summed E-state index contributed by atoms with van der Waals surface area (Å²) in [4.78, 5) is 41.3. The Hall–Kier alpha value is -3.98. The largest absolute Gasteiger partial charge is 0.497 e. The Kier molecular flexibility index (Phi) is 5.50. The van der Waals surface area contributed by atoms with E-state index in [1.165, 1.54) is 7.11 Å². The molecule has 31 heavy (non-hydrogen) atoms. The maximum Gasteiger partial charge on any atom is 0.340 e. The van der Waals surface area contributed by atoms with Gasteiger partial charge in [0.2, 0.25) is 0 Å². The number of anilines is 1. The van der Waals surface area contributed by atoms with Gasteiger partial charge in [0.05, 0.1) is 31.4 Å². The molecule has 1 fully saturated rings. The number of aromatic nitrogens is 2. The maximum atomic E-state index is 12.8. The van der Waals surface area contributed by atoms with Crippen molar-refractivity contribution in [2.75, 3.05) is 25.7 Å². The number of hydrogen-bond acceptors (Lipinski definition) is 6. The number of ether oxygens (including phenoxy) is 1. The molecule has 0 N–H and O–H groups in total. The molecule has 0 saturated carbocycles. The molecule has 0 bridgehead atoms. The van der Waals surface area contributed by atoms with Gasteiger partial charge in [-0.15, -0.1) is 0 Å². The number of amides is 4. The highest BCUT2D eigenvalue weighted by molar-refractivity contribution is 6.52. The number of carbonyl (C=O) groups is 3. The summed E-state index contributed by atoms with van der Waals surface area (Å²) in [5.41, 5.74) is 2.16. The summed E-state index contributed by atoms with van der Waals surface area (Å²) in [6.07, 6.45) is 3.61. The maximum absolute atomic E-state index is 12.8. The van der Waals surface area contributed by atoms with Gasteiger partial charge in [-0.05, 0) is 43.4 Å². The van der Waals surface area contributed by atoms with E-state index in [-0.39, 0.29) is 6.67 Å². The van der Waals surface area contributed by atoms with Gasteiger partial charge in [0.15, 0.2) is 0 Å². The molecule has 0 aliphatic carbocycles. The molecule has 2 aromatic carbocycles. The third kappa shape index (κ3) is 4.03. The van der Waals surface area contributed by atoms with E-state index in [4.69, 9.17) is 4.74 Å². The van der Waals surface area contributed by atoms with Crippen molar-refractivity contribution in [2.45, 2.75) is 6.54 Å². The van der Waals surface area contributed by atoms with E-state index in [1.54, 1.807) is 47.1 Å². The molecule has 2 heterocycles. The van der Waals surface area contributed by atoms with Crippen molar-refractivity contribution in [1.82, 2.24) is 19.6 Å². The number of hydrogen-bond donors (Lipinski definition) is 0. The SMILES string of the molecule is COc1ccc(N2C(=O)C(=O)N(CN(C)Cc3cnn(-c4ccccc4)c3)C2=O)cc1. The minimum atomic E-state index is -0.875. The zero-order valence-electron chi connectivity index (χ0n) is 17.1. The van der Waals surface area contributed by atoms with Crippen LogP contribution in [-0.4, -0.2) is 58.3 Å². The van der Waals surface area contributed by atoms with Crippen molar-refractivity contribution in [3.8, 4) is 11.4 Å². The van der Waals surface area contributed by atoms with Crippen LogP contribution in [0.5, 0.6) is 5.75 Å². The van der Waals surface area contributed by atoms with E-state index in [9.17, 15) is 14.4 Å². The van der Waals surface area contributed by atoms with E-state index < -0.39 is 17.8 Å². The predicted molar refractivity (Wildman–Crippen MR) is 113 cm³/mol. The normalized spacial score (nSPS) is 14.1. The Labute approximate surface area is 179 Å². The fourth-order valence-electron chi connectivity index (χ4n) is 3.36. The molecule has 0 unspecified atom stereocenters. The quantitative estimate of drug-likeness (QED) is 0.431. The third-order valence-electron chi connectivity index (χ3n) is 4.88. The summed E-state index contributed by atoms with van der Waals surface area (Å²) in [5, 5.41) is 4.35. The fourth-order valence-corrected chi connectivity index (χ4v) is 3.36. The van der Waals surface area contributed by atoms with Crippen molar-refractivity contribution in [3.05, 3.63) is 72.6 Å². The number of methoxy groups -OCH3 is 1. The lowest BCUT2D eigenvalue weighted by Gasteiger charge is -2.22. The average molecular weight is 419 g/mol. The highest BCUT2D eigenvalue weighted by Crippen LogP contribution is 2.25. The lowest BCUT2D eigenvalue weighted by Crippen LogP contribution is -2.40. The monoisotopic (exact) mass is 419 g/mol. The van der Waals surface area contributed by atoms with Gasteiger partial charge in [-0.1, -0.05) is 18.2 Å². The average Bonchev–Trinajstić information content (AvgIpc) is 3.33. The van der Waals surface area contributed by atoms with Gasteiger partial charge in [-0.25, -0.2) is 19.3 Å². The summed E-state index contributed by atoms with van der Waals surface area (Å²) in [7, 11) is 3.28. The standard InChI is InChI=1S/C22H21N5O4/c1-24(13-16-12-23-26(14-16)17-6-4-3-5-7-17)15-25-20(28)21(29)27(22(25)30)18-8-10-19(31-2)11-9-18/h3-12,14H,13,15H2,1-2H3. The van der Waals surface area contributed by atoms with E-state index in [1.807, 2.05) is 36.5 Å². The number of rotatable bonds is 7. The lowest BCUT2D eigenvalue weighted by molar-refractivity contribution is -0.140. The van der Waals surface area contributed by atoms with Crippen LogP contribution in [0.15, 0.2) is 67.0 Å². The minimum Gasteiger partial charge on any atom is -0.497 e. The van der Waals surface area contributed by atoms with Crippen LogP contribution in [0.4, 0.5) is 10.5 Å². The van der Waals surface area contributed by atoms with Gasteiger partial charge in [0.1, 0.15) is 5.75 Å². The molecule has 0 radical (unpaired) electrons. The Balaban J connectivity index is 1.44. The summed E-state index contributed by atoms with van der Waals surface area (Å²) < 4.78 is 6.84. The number of nitrogens with zero attached hydrogens (tertiary/aromatic N) is 5. The van der Waals surface area contributed by atoms with Crippen molar-refractivity contribution >= 4 is 23.5 Å². The van der Waals surface area contributed by atoms with Crippen LogP contribution in [0.1, 0.15) is 5.56 Å². The lowest BCUT2D eigenvalue weighted by atomic mass is 10.3. The molecule has 1 saturated heterocycles. The molecule has 158 valence electrons. The Morgan fingerprint density at radius 2 is 1.65 bits per heavy atom. The van der Waals surface area contributed by atoms with Gasteiger partial charge in [-0.3, -0.25) is 14.5 Å². The number of benzene rings is 2. The summed E-state index contributed by atoms with van der Waals surface area (Å²) in [6, 6.07) is 15.4. The van der Waals surface area contributed by atoms with Gasteiger partial charge in [-0.2, -0.15) is 5.10 Å². The Bertz CT molecular complexity index is 1110. The third-order valence-corrected chi connectivity index (χ3v) is 4.88. The van der Waals surface area contributed by atoms with E-state index in [2.05, 4.69) is 5.10 Å². The molecule has 9 heteroatoms. The van der Waals surface area contributed by atoms with Crippen LogP contribution >= 0.6 is 0 Å². The van der Waals surface area contributed by atoms with Gasteiger partial charge < -0.3 is 4.74 Å². The van der Waals surface area contributed by atoms with Crippen LogP contribution in [0.2, 0.25) is 0 Å². The second kappa shape index (κ2) is 8.41. The molecule has 0 atom stereocenters. The van der Waals surface area contributed by atoms with Crippen LogP contribution in [-0.2, 0) is 16.1 Å². The summed E-state index contributed by atoms with van der Waals surface area (Å²) in [6.45, 7) is 0.424. The molecule has 9 nitrogen and oxygen atoms in total. The predicted octanol–water partition coefficient (Wildman–Crippen LogP) is 2.27. The summed E-state index contributed by atoms with van der Waals surface area (Å²) >= 11 is 0. The molecular formula is C22H21N5O4. The van der Waals surface area contributed by atoms with Gasteiger partial charge in [0.25, 0.3) is 0 Å². The van der Waals surface area contributed by atoms with E-state index >= 15 is 0 Å². The second-order valence-corrected chi connectivity index (χ2v) is 7.14. The smallest absolute Gasteiger partial charge is 0.340 e. The Morgan fingerprint density at radius 1 is 0.935 bits per heavy atom. The molecule has 4 rings (SSSR count). The van der Waals surface area contributed by atoms with Crippen LogP contribution in [0, 0.1) is 0 Å². The molecule has 3 aromatic rings. The summed E-state index contributed by atoms with van der Waals surface area (Å²) in [5.74, 6) is -1.14. The van der Waals surface area contributed by atoms with Crippen molar-refractivity contribution < 1.29 is 19.1 Å². The van der Waals surface area contributed by atoms with Crippen LogP contribution < -0.4 is 9.64 Å². The molecular weight excluding hydrogens is 398 g/mol. The number of imide groups is 2. The highest BCUT2D eigenvalue weighted by Gasteiger charge is 2.45. The first-order valence-corrected chi connectivity index (χ1v) is 9.59. The molecule has 1 aliphatic rings. The van der Waals surface area contributed by atoms with E-state index in [0.29, 0.717) is 18.0 Å².